The third-order valence-electron chi connectivity index (χ3n) is 3.58. The molecular formula is C13H21N3O3. The second-order valence-electron chi connectivity index (χ2n) is 4.76. The molecule has 1 saturated carbocycles. The number of aliphatic hydroxyl groups excluding tert-OH is 1. The zero-order chi connectivity index (χ0) is 13.7. The van der Waals surface area contributed by atoms with Crippen LogP contribution < -0.4 is 14.8 Å². The molecule has 6 heteroatoms. The van der Waals surface area contributed by atoms with E-state index < -0.39 is 0 Å². The van der Waals surface area contributed by atoms with Crippen LogP contribution in [0.4, 0.5) is 0 Å². The van der Waals surface area contributed by atoms with E-state index in [2.05, 4.69) is 15.3 Å². The van der Waals surface area contributed by atoms with E-state index in [0.29, 0.717) is 24.2 Å². The molecule has 6 nitrogen and oxygen atoms in total. The Morgan fingerprint density at radius 2 is 1.95 bits per heavy atom. The summed E-state index contributed by atoms with van der Waals surface area (Å²) < 4.78 is 10.4. The second-order valence-corrected chi connectivity index (χ2v) is 4.76. The average Bonchev–Trinajstić information content (AvgIpc) is 2.84. The van der Waals surface area contributed by atoms with Crippen LogP contribution in [0.3, 0.4) is 0 Å². The standard InChI is InChI=1S/C13H21N3O3/c1-18-12-10(13(19-2)16-8-15-12)7-14-6-9-4-3-5-11(9)17/h8-9,11,14,17H,3-7H2,1-2H3. The van der Waals surface area contributed by atoms with Crippen LogP contribution in [0.1, 0.15) is 24.8 Å². The molecule has 0 saturated heterocycles. The molecule has 0 aromatic carbocycles. The molecular weight excluding hydrogens is 246 g/mol. The summed E-state index contributed by atoms with van der Waals surface area (Å²) in [6, 6.07) is 0. The lowest BCUT2D eigenvalue weighted by Gasteiger charge is -2.16. The molecule has 2 rings (SSSR count). The van der Waals surface area contributed by atoms with Gasteiger partial charge in [-0.25, -0.2) is 9.97 Å². The maximum Gasteiger partial charge on any atom is 0.224 e. The van der Waals surface area contributed by atoms with Crippen molar-refractivity contribution in [3.8, 4) is 11.8 Å². The summed E-state index contributed by atoms with van der Waals surface area (Å²) in [4.78, 5) is 8.14. The maximum atomic E-state index is 9.77. The summed E-state index contributed by atoms with van der Waals surface area (Å²) in [6.07, 6.45) is 4.33. The zero-order valence-corrected chi connectivity index (χ0v) is 11.4. The molecule has 0 amide bonds. The van der Waals surface area contributed by atoms with E-state index in [-0.39, 0.29) is 6.10 Å². The fraction of sp³-hybridized carbons (Fsp3) is 0.692. The van der Waals surface area contributed by atoms with Crippen LogP contribution in [0.25, 0.3) is 0 Å². The van der Waals surface area contributed by atoms with Gasteiger partial charge in [-0.15, -0.1) is 0 Å². The minimum Gasteiger partial charge on any atom is -0.481 e. The van der Waals surface area contributed by atoms with Crippen LogP contribution in [0, 0.1) is 5.92 Å². The number of nitrogens with zero attached hydrogens (tertiary/aromatic N) is 2. The highest BCUT2D eigenvalue weighted by atomic mass is 16.5. The first-order chi connectivity index (χ1) is 9.26. The van der Waals surface area contributed by atoms with Gasteiger partial charge >= 0.3 is 0 Å². The maximum absolute atomic E-state index is 9.77. The van der Waals surface area contributed by atoms with Gasteiger partial charge in [0.2, 0.25) is 11.8 Å². The predicted octanol–water partition coefficient (Wildman–Crippen LogP) is 0.744. The Hall–Kier alpha value is -1.40. The summed E-state index contributed by atoms with van der Waals surface area (Å²) in [5.74, 6) is 1.37. The van der Waals surface area contributed by atoms with Gasteiger partial charge in [0, 0.05) is 13.1 Å². The van der Waals surface area contributed by atoms with E-state index in [1.165, 1.54) is 6.33 Å². The van der Waals surface area contributed by atoms with E-state index >= 15 is 0 Å². The van der Waals surface area contributed by atoms with Crippen molar-refractivity contribution >= 4 is 0 Å². The normalized spacial score (nSPS) is 22.5. The number of rotatable bonds is 6. The average molecular weight is 267 g/mol. The summed E-state index contributed by atoms with van der Waals surface area (Å²) in [5.41, 5.74) is 0.806. The third-order valence-corrected chi connectivity index (χ3v) is 3.58. The van der Waals surface area contributed by atoms with E-state index in [0.717, 1.165) is 31.4 Å². The molecule has 1 fully saturated rings. The second kappa shape index (κ2) is 6.68. The highest BCUT2D eigenvalue weighted by Gasteiger charge is 2.24. The van der Waals surface area contributed by atoms with Crippen molar-refractivity contribution < 1.29 is 14.6 Å². The number of ether oxygens (including phenoxy) is 2. The lowest BCUT2D eigenvalue weighted by Crippen LogP contribution is -2.27. The lowest BCUT2D eigenvalue weighted by molar-refractivity contribution is 0.131. The fourth-order valence-electron chi connectivity index (χ4n) is 2.52. The van der Waals surface area contributed by atoms with Crippen LogP contribution in [-0.2, 0) is 6.54 Å². The molecule has 0 radical (unpaired) electrons. The van der Waals surface area contributed by atoms with E-state index in [9.17, 15) is 5.11 Å². The molecule has 0 spiro atoms. The molecule has 1 heterocycles. The van der Waals surface area contributed by atoms with Crippen molar-refractivity contribution in [2.24, 2.45) is 5.92 Å². The van der Waals surface area contributed by atoms with Gasteiger partial charge in [0.1, 0.15) is 6.33 Å². The number of methoxy groups -OCH3 is 2. The first kappa shape index (κ1) is 14.0. The van der Waals surface area contributed by atoms with Crippen molar-refractivity contribution in [2.45, 2.75) is 31.9 Å². The zero-order valence-electron chi connectivity index (χ0n) is 11.4. The van der Waals surface area contributed by atoms with Gasteiger partial charge in [-0.05, 0) is 18.8 Å². The van der Waals surface area contributed by atoms with E-state index in [1.54, 1.807) is 14.2 Å². The first-order valence-electron chi connectivity index (χ1n) is 6.57. The van der Waals surface area contributed by atoms with Crippen LogP contribution in [-0.4, -0.2) is 41.9 Å². The van der Waals surface area contributed by atoms with Crippen LogP contribution in [0.15, 0.2) is 6.33 Å². The predicted molar refractivity (Wildman–Crippen MR) is 70.2 cm³/mol. The Morgan fingerprint density at radius 3 is 2.47 bits per heavy atom. The summed E-state index contributed by atoms with van der Waals surface area (Å²) in [7, 11) is 3.15. The Morgan fingerprint density at radius 1 is 1.26 bits per heavy atom. The SMILES string of the molecule is COc1ncnc(OC)c1CNCC1CCCC1O. The summed E-state index contributed by atoms with van der Waals surface area (Å²) >= 11 is 0. The largest absolute Gasteiger partial charge is 0.481 e. The van der Waals surface area contributed by atoms with Crippen LogP contribution in [0.5, 0.6) is 11.8 Å². The molecule has 1 aliphatic carbocycles. The molecule has 2 atom stereocenters. The monoisotopic (exact) mass is 267 g/mol. The third kappa shape index (κ3) is 3.33. The Balaban J connectivity index is 1.94. The number of hydrogen-bond donors (Lipinski definition) is 2. The molecule has 1 aromatic heterocycles. The molecule has 19 heavy (non-hydrogen) atoms. The Kier molecular flexibility index (Phi) is 4.93. The van der Waals surface area contributed by atoms with Gasteiger partial charge in [0.05, 0.1) is 25.9 Å². The molecule has 1 aromatic rings. The molecule has 2 N–H and O–H groups in total. The number of aromatic nitrogens is 2. The Labute approximate surface area is 113 Å². The number of hydrogen-bond acceptors (Lipinski definition) is 6. The number of nitrogens with one attached hydrogen (secondary N) is 1. The van der Waals surface area contributed by atoms with Crippen LogP contribution in [0.2, 0.25) is 0 Å². The van der Waals surface area contributed by atoms with E-state index in [1.807, 2.05) is 0 Å². The van der Waals surface area contributed by atoms with Crippen molar-refractivity contribution in [3.05, 3.63) is 11.9 Å². The van der Waals surface area contributed by atoms with Gasteiger partial charge < -0.3 is 19.9 Å². The number of aliphatic hydroxyl groups is 1. The molecule has 2 unspecified atom stereocenters. The van der Waals surface area contributed by atoms with Gasteiger partial charge in [0.25, 0.3) is 0 Å². The summed E-state index contributed by atoms with van der Waals surface area (Å²) in [5, 5.41) is 13.1. The topological polar surface area (TPSA) is 76.5 Å². The van der Waals surface area contributed by atoms with E-state index in [4.69, 9.17) is 9.47 Å². The van der Waals surface area contributed by atoms with Gasteiger partial charge in [-0.1, -0.05) is 6.42 Å². The fourth-order valence-corrected chi connectivity index (χ4v) is 2.52. The van der Waals surface area contributed by atoms with Gasteiger partial charge in [-0.2, -0.15) is 0 Å². The quantitative estimate of drug-likeness (QED) is 0.792. The van der Waals surface area contributed by atoms with Crippen molar-refractivity contribution in [2.75, 3.05) is 20.8 Å². The first-order valence-corrected chi connectivity index (χ1v) is 6.57. The molecule has 1 aliphatic rings. The highest BCUT2D eigenvalue weighted by Crippen LogP contribution is 2.26. The Bertz CT molecular complexity index is 392. The smallest absolute Gasteiger partial charge is 0.224 e. The minimum atomic E-state index is -0.177. The van der Waals surface area contributed by atoms with Crippen LogP contribution >= 0.6 is 0 Å². The van der Waals surface area contributed by atoms with Crippen molar-refractivity contribution in [1.82, 2.24) is 15.3 Å². The highest BCUT2D eigenvalue weighted by molar-refractivity contribution is 5.34. The van der Waals surface area contributed by atoms with Gasteiger partial charge in [-0.3, -0.25) is 0 Å². The lowest BCUT2D eigenvalue weighted by atomic mass is 10.1. The molecule has 106 valence electrons. The summed E-state index contributed by atoms with van der Waals surface area (Å²) in [6.45, 7) is 1.35. The van der Waals surface area contributed by atoms with Crippen molar-refractivity contribution in [3.63, 3.8) is 0 Å². The molecule has 0 aliphatic heterocycles. The molecule has 0 bridgehead atoms. The van der Waals surface area contributed by atoms with Gasteiger partial charge in [0.15, 0.2) is 0 Å². The minimum absolute atomic E-state index is 0.177. The van der Waals surface area contributed by atoms with Crippen molar-refractivity contribution in [1.29, 1.82) is 0 Å².